The number of nitrogens with one attached hydrogen (secondary N) is 1. The van der Waals surface area contributed by atoms with E-state index in [1.54, 1.807) is 0 Å². The number of hydrogen-bond acceptors (Lipinski definition) is 1. The molecule has 0 heterocycles. The van der Waals surface area contributed by atoms with E-state index >= 15 is 0 Å². The van der Waals surface area contributed by atoms with E-state index in [-0.39, 0.29) is 0 Å². The number of hydrogen-bond donors (Lipinski definition) is 1. The van der Waals surface area contributed by atoms with Gasteiger partial charge in [0.2, 0.25) is 0 Å². The summed E-state index contributed by atoms with van der Waals surface area (Å²) in [6.45, 7) is 9.97. The molecule has 1 saturated carbocycles. The molecule has 1 aliphatic carbocycles. The lowest BCUT2D eigenvalue weighted by Gasteiger charge is -2.10. The van der Waals surface area contributed by atoms with Crippen molar-refractivity contribution < 1.29 is 0 Å². The second kappa shape index (κ2) is 6.12. The molecule has 86 valence electrons. The van der Waals surface area contributed by atoms with Crippen LogP contribution in [-0.2, 0) is 0 Å². The van der Waals surface area contributed by atoms with E-state index in [1.165, 1.54) is 18.4 Å². The van der Waals surface area contributed by atoms with Gasteiger partial charge < -0.3 is 5.32 Å². The van der Waals surface area contributed by atoms with Crippen LogP contribution in [0.25, 0.3) is 0 Å². The van der Waals surface area contributed by atoms with Crippen molar-refractivity contribution in [2.24, 2.45) is 11.8 Å². The van der Waals surface area contributed by atoms with Gasteiger partial charge in [-0.2, -0.15) is 0 Å². The van der Waals surface area contributed by atoms with Crippen LogP contribution >= 0.6 is 0 Å². The monoisotopic (exact) mass is 207 g/mol. The molecule has 0 aliphatic heterocycles. The van der Waals surface area contributed by atoms with Crippen LogP contribution in [0.15, 0.2) is 23.8 Å². The van der Waals surface area contributed by atoms with Crippen LogP contribution in [-0.4, -0.2) is 12.6 Å². The fourth-order valence-corrected chi connectivity index (χ4v) is 1.30. The van der Waals surface area contributed by atoms with E-state index in [4.69, 9.17) is 0 Å². The maximum atomic E-state index is 3.54. The van der Waals surface area contributed by atoms with Gasteiger partial charge in [0, 0.05) is 12.6 Å². The van der Waals surface area contributed by atoms with Crippen molar-refractivity contribution >= 4 is 0 Å². The topological polar surface area (TPSA) is 12.0 Å². The first-order valence-corrected chi connectivity index (χ1v) is 6.20. The highest BCUT2D eigenvalue weighted by Gasteiger charge is 2.19. The van der Waals surface area contributed by atoms with Gasteiger partial charge in [0.05, 0.1) is 0 Å². The van der Waals surface area contributed by atoms with E-state index in [0.717, 1.165) is 18.5 Å². The van der Waals surface area contributed by atoms with Crippen LogP contribution < -0.4 is 5.32 Å². The van der Waals surface area contributed by atoms with Gasteiger partial charge >= 0.3 is 0 Å². The molecular weight excluding hydrogens is 182 g/mol. The molecule has 1 rings (SSSR count). The largest absolute Gasteiger partial charge is 0.310 e. The van der Waals surface area contributed by atoms with Crippen molar-refractivity contribution in [3.05, 3.63) is 23.8 Å². The molecule has 0 aromatic carbocycles. The lowest BCUT2D eigenvalue weighted by molar-refractivity contribution is 0.504. The van der Waals surface area contributed by atoms with Crippen LogP contribution in [0.4, 0.5) is 0 Å². The summed E-state index contributed by atoms with van der Waals surface area (Å²) < 4.78 is 0. The van der Waals surface area contributed by atoms with E-state index < -0.39 is 0 Å². The maximum Gasteiger partial charge on any atom is 0.0204 e. The fraction of sp³-hybridized carbons (Fsp3) is 0.714. The van der Waals surface area contributed by atoms with Gasteiger partial charge in [-0.25, -0.2) is 0 Å². The molecule has 1 atom stereocenters. The molecule has 15 heavy (non-hydrogen) atoms. The second-order valence-corrected chi connectivity index (χ2v) is 4.98. The average Bonchev–Trinajstić information content (AvgIpc) is 3.01. The van der Waals surface area contributed by atoms with Gasteiger partial charge in [0.1, 0.15) is 0 Å². The zero-order valence-corrected chi connectivity index (χ0v) is 10.6. The summed E-state index contributed by atoms with van der Waals surface area (Å²) in [6, 6.07) is 0.802. The molecule has 1 N–H and O–H groups in total. The Balaban J connectivity index is 2.31. The third-order valence-electron chi connectivity index (χ3n) is 3.21. The third-order valence-corrected chi connectivity index (χ3v) is 3.21. The van der Waals surface area contributed by atoms with Crippen LogP contribution in [0.3, 0.4) is 0 Å². The van der Waals surface area contributed by atoms with Crippen LogP contribution in [0.5, 0.6) is 0 Å². The Hall–Kier alpha value is -0.560. The summed E-state index contributed by atoms with van der Waals surface area (Å²) in [5.74, 6) is 1.40. The zero-order valence-electron chi connectivity index (χ0n) is 10.6. The molecule has 1 nitrogen and oxygen atoms in total. The fourth-order valence-electron chi connectivity index (χ4n) is 1.30. The smallest absolute Gasteiger partial charge is 0.0204 e. The standard InChI is InChI=1S/C14H25N/c1-5-13(10-15-14-8-9-14)7-6-12(4)11(2)3/h5-7,11-12,14-15H,8-10H2,1-4H3/b7-6-,13-5+. The van der Waals surface area contributed by atoms with E-state index in [0.29, 0.717) is 5.92 Å². The molecule has 1 unspecified atom stereocenters. The maximum absolute atomic E-state index is 3.54. The first-order chi connectivity index (χ1) is 7.13. The molecule has 0 aromatic rings. The quantitative estimate of drug-likeness (QED) is 0.657. The predicted octanol–water partition coefficient (Wildman–Crippen LogP) is 3.53. The number of rotatable bonds is 6. The van der Waals surface area contributed by atoms with E-state index in [2.05, 4.69) is 51.2 Å². The summed E-state index contributed by atoms with van der Waals surface area (Å²) in [7, 11) is 0. The summed E-state index contributed by atoms with van der Waals surface area (Å²) in [5, 5.41) is 3.54. The first kappa shape index (κ1) is 12.5. The average molecular weight is 207 g/mol. The Morgan fingerprint density at radius 2 is 2.00 bits per heavy atom. The van der Waals surface area contributed by atoms with Crippen molar-refractivity contribution in [3.63, 3.8) is 0 Å². The van der Waals surface area contributed by atoms with Crippen LogP contribution in [0.1, 0.15) is 40.5 Å². The Kier molecular flexibility index (Phi) is 5.10. The van der Waals surface area contributed by atoms with Crippen molar-refractivity contribution in [2.75, 3.05) is 6.54 Å². The first-order valence-electron chi connectivity index (χ1n) is 6.20. The zero-order chi connectivity index (χ0) is 11.3. The predicted molar refractivity (Wildman–Crippen MR) is 67.9 cm³/mol. The Bertz CT molecular complexity index is 234. The Labute approximate surface area is 94.6 Å². The summed E-state index contributed by atoms with van der Waals surface area (Å²) >= 11 is 0. The summed E-state index contributed by atoms with van der Waals surface area (Å²) in [6.07, 6.45) is 9.54. The molecule has 0 radical (unpaired) electrons. The van der Waals surface area contributed by atoms with Crippen LogP contribution in [0.2, 0.25) is 0 Å². The highest BCUT2D eigenvalue weighted by molar-refractivity contribution is 5.20. The van der Waals surface area contributed by atoms with Crippen LogP contribution in [0, 0.1) is 11.8 Å². The lowest BCUT2D eigenvalue weighted by Crippen LogP contribution is -2.18. The minimum atomic E-state index is 0.667. The molecule has 0 saturated heterocycles. The highest BCUT2D eigenvalue weighted by Crippen LogP contribution is 2.19. The molecule has 1 aliphatic rings. The summed E-state index contributed by atoms with van der Waals surface area (Å²) in [5.41, 5.74) is 1.41. The normalized spacial score (nSPS) is 20.2. The van der Waals surface area contributed by atoms with Gasteiger partial charge in [-0.15, -0.1) is 0 Å². The molecule has 1 heteroatoms. The SMILES string of the molecule is C/C=C(\C=C/C(C)C(C)C)CNC1CC1. The van der Waals surface area contributed by atoms with Crippen molar-refractivity contribution in [1.82, 2.24) is 5.32 Å². The molecule has 0 spiro atoms. The van der Waals surface area contributed by atoms with E-state index in [9.17, 15) is 0 Å². The molecule has 0 amide bonds. The molecule has 0 bridgehead atoms. The second-order valence-electron chi connectivity index (χ2n) is 4.98. The third kappa shape index (κ3) is 5.17. The van der Waals surface area contributed by atoms with Crippen molar-refractivity contribution in [2.45, 2.75) is 46.6 Å². The minimum Gasteiger partial charge on any atom is -0.310 e. The Morgan fingerprint density at radius 1 is 1.33 bits per heavy atom. The van der Waals surface area contributed by atoms with Gasteiger partial charge in [0.15, 0.2) is 0 Å². The van der Waals surface area contributed by atoms with Gasteiger partial charge in [0.25, 0.3) is 0 Å². The van der Waals surface area contributed by atoms with E-state index in [1.807, 2.05) is 0 Å². The van der Waals surface area contributed by atoms with Gasteiger partial charge in [-0.1, -0.05) is 39.0 Å². The molecular formula is C14H25N. The minimum absolute atomic E-state index is 0.667. The molecule has 0 aromatic heterocycles. The summed E-state index contributed by atoms with van der Waals surface area (Å²) in [4.78, 5) is 0. The lowest BCUT2D eigenvalue weighted by atomic mass is 9.97. The Morgan fingerprint density at radius 3 is 2.47 bits per heavy atom. The van der Waals surface area contributed by atoms with Crippen molar-refractivity contribution in [3.8, 4) is 0 Å². The highest BCUT2D eigenvalue weighted by atomic mass is 14.9. The van der Waals surface area contributed by atoms with Gasteiger partial charge in [-0.05, 0) is 37.2 Å². The van der Waals surface area contributed by atoms with Gasteiger partial charge in [-0.3, -0.25) is 0 Å². The molecule has 1 fully saturated rings. The number of allylic oxidation sites excluding steroid dienone is 2. The van der Waals surface area contributed by atoms with Crippen molar-refractivity contribution in [1.29, 1.82) is 0 Å².